The zero-order valence-corrected chi connectivity index (χ0v) is 13.9. The monoisotopic (exact) mass is 275 g/mol. The Morgan fingerprint density at radius 1 is 1.24 bits per heavy atom. The molecule has 0 amide bonds. The van der Waals surface area contributed by atoms with Gasteiger partial charge in [-0.05, 0) is 45.3 Å². The molecule has 0 aromatic heterocycles. The van der Waals surface area contributed by atoms with Gasteiger partial charge in [0.1, 0.15) is 0 Å². The highest BCUT2D eigenvalue weighted by molar-refractivity contribution is 9.08. The zero-order chi connectivity index (χ0) is 12.8. The van der Waals surface area contributed by atoms with E-state index in [9.17, 15) is 0 Å². The van der Waals surface area contributed by atoms with E-state index in [0.717, 1.165) is 23.1 Å². The van der Waals surface area contributed by atoms with E-state index in [1.165, 1.54) is 18.1 Å². The second-order valence-electron chi connectivity index (χ2n) is 6.63. The fourth-order valence-electron chi connectivity index (χ4n) is 3.40. The minimum atomic E-state index is -0.285. The van der Waals surface area contributed by atoms with E-state index < -0.39 is 0 Å². The summed E-state index contributed by atoms with van der Waals surface area (Å²) < 4.78 is 0. The summed E-state index contributed by atoms with van der Waals surface area (Å²) in [7, 11) is 1.99. The Morgan fingerprint density at radius 2 is 1.82 bits per heavy atom. The van der Waals surface area contributed by atoms with E-state index in [1.807, 2.05) is 0 Å². The van der Waals surface area contributed by atoms with Gasteiger partial charge in [-0.2, -0.15) is 9.06 Å². The standard InChI is InChI=1S/C14H29NS2/c1-10(2)13-7-12(5)15(11(3)4)8-14(13)17(6)9-16-17/h10-14H,7-9H2,1-6H3/t12-,13?,14?/m1/s1. The first-order valence-electron chi connectivity index (χ1n) is 7.00. The first kappa shape index (κ1) is 14.1. The molecule has 1 nitrogen and oxygen atoms in total. The fraction of sp³-hybridized carbons (Fsp3) is 1.00. The molecule has 2 heterocycles. The maximum absolute atomic E-state index is 2.75. The average molecular weight is 276 g/mol. The van der Waals surface area contributed by atoms with E-state index >= 15 is 0 Å². The Bertz CT molecular complexity index is 273. The highest BCUT2D eigenvalue weighted by Gasteiger charge is 2.49. The average Bonchev–Trinajstić information content (AvgIpc) is 2.96. The lowest BCUT2D eigenvalue weighted by atomic mass is 9.82. The predicted octanol–water partition coefficient (Wildman–Crippen LogP) is 4.18. The van der Waals surface area contributed by atoms with Crippen molar-refractivity contribution in [3.63, 3.8) is 0 Å². The van der Waals surface area contributed by atoms with Crippen molar-refractivity contribution in [1.29, 1.82) is 0 Å². The molecule has 0 N–H and O–H groups in total. The first-order valence-corrected chi connectivity index (χ1v) is 10.8. The predicted molar refractivity (Wildman–Crippen MR) is 84.0 cm³/mol. The SMILES string of the molecule is CC(C)C1C[C@@H](C)N(C(C)C)CC1S1(C)CS1. The number of rotatable bonds is 3. The normalized spacial score (nSPS) is 47.2. The van der Waals surface area contributed by atoms with Crippen LogP contribution in [0.1, 0.15) is 41.0 Å². The third kappa shape index (κ3) is 2.82. The van der Waals surface area contributed by atoms with Gasteiger partial charge in [0.05, 0.1) is 0 Å². The molecule has 3 unspecified atom stereocenters. The lowest BCUT2D eigenvalue weighted by Gasteiger charge is -2.49. The Balaban J connectivity index is 2.14. The van der Waals surface area contributed by atoms with Crippen molar-refractivity contribution >= 4 is 19.9 Å². The van der Waals surface area contributed by atoms with Gasteiger partial charge >= 0.3 is 0 Å². The van der Waals surface area contributed by atoms with E-state index in [2.05, 4.69) is 56.6 Å². The van der Waals surface area contributed by atoms with Crippen LogP contribution in [0.4, 0.5) is 0 Å². The van der Waals surface area contributed by atoms with E-state index in [-0.39, 0.29) is 9.06 Å². The molecule has 2 aliphatic heterocycles. The molecule has 0 aliphatic carbocycles. The molecule has 2 aliphatic rings. The van der Waals surface area contributed by atoms with Crippen LogP contribution in [-0.4, -0.2) is 40.1 Å². The number of likely N-dealkylation sites (tertiary alicyclic amines) is 1. The summed E-state index contributed by atoms with van der Waals surface area (Å²) >= 11 is 0. The van der Waals surface area contributed by atoms with Gasteiger partial charge in [0.15, 0.2) is 0 Å². The third-order valence-corrected chi connectivity index (χ3v) is 11.1. The molecule has 4 atom stereocenters. The van der Waals surface area contributed by atoms with Crippen LogP contribution in [0.15, 0.2) is 0 Å². The summed E-state index contributed by atoms with van der Waals surface area (Å²) in [6.07, 6.45) is 4.00. The van der Waals surface area contributed by atoms with Crippen LogP contribution in [0.3, 0.4) is 0 Å². The van der Waals surface area contributed by atoms with Crippen molar-refractivity contribution in [2.75, 3.05) is 17.9 Å². The Morgan fingerprint density at radius 3 is 2.24 bits per heavy atom. The van der Waals surface area contributed by atoms with Gasteiger partial charge in [-0.15, -0.1) is 10.8 Å². The van der Waals surface area contributed by atoms with Crippen LogP contribution >= 0.6 is 19.9 Å². The third-order valence-electron chi connectivity index (χ3n) is 4.70. The fourth-order valence-corrected chi connectivity index (χ4v) is 9.04. The van der Waals surface area contributed by atoms with Gasteiger partial charge in [0, 0.05) is 29.0 Å². The van der Waals surface area contributed by atoms with E-state index in [4.69, 9.17) is 0 Å². The summed E-state index contributed by atoms with van der Waals surface area (Å²) in [6.45, 7) is 13.4. The van der Waals surface area contributed by atoms with Gasteiger partial charge in [-0.25, -0.2) is 0 Å². The molecular formula is C14H29NS2. The molecule has 17 heavy (non-hydrogen) atoms. The van der Waals surface area contributed by atoms with Crippen molar-refractivity contribution < 1.29 is 0 Å². The summed E-state index contributed by atoms with van der Waals surface area (Å²) in [5.74, 6) is 1.83. The summed E-state index contributed by atoms with van der Waals surface area (Å²) in [4.78, 5) is 2.75. The highest BCUT2D eigenvalue weighted by Crippen LogP contribution is 2.80. The van der Waals surface area contributed by atoms with Gasteiger partial charge in [-0.1, -0.05) is 13.8 Å². The second-order valence-corrected chi connectivity index (χ2v) is 13.5. The van der Waals surface area contributed by atoms with Crippen LogP contribution in [0.25, 0.3) is 0 Å². The van der Waals surface area contributed by atoms with Crippen molar-refractivity contribution in [3.05, 3.63) is 0 Å². The molecule has 2 saturated heterocycles. The topological polar surface area (TPSA) is 3.24 Å². The van der Waals surface area contributed by atoms with Crippen LogP contribution < -0.4 is 0 Å². The molecule has 0 aromatic carbocycles. The van der Waals surface area contributed by atoms with Crippen molar-refractivity contribution in [1.82, 2.24) is 4.90 Å². The van der Waals surface area contributed by atoms with Gasteiger partial charge in [-0.3, -0.25) is 4.90 Å². The number of piperidine rings is 1. The maximum Gasteiger partial charge on any atom is 0.0408 e. The zero-order valence-electron chi connectivity index (χ0n) is 12.3. The van der Waals surface area contributed by atoms with Crippen molar-refractivity contribution in [2.24, 2.45) is 11.8 Å². The Kier molecular flexibility index (Phi) is 4.12. The largest absolute Gasteiger partial charge is 0.297 e. The van der Waals surface area contributed by atoms with Crippen molar-refractivity contribution in [2.45, 2.75) is 58.4 Å². The minimum Gasteiger partial charge on any atom is -0.297 e. The first-order chi connectivity index (χ1) is 7.85. The Hall–Kier alpha value is 0.660. The number of hydrogen-bond acceptors (Lipinski definition) is 2. The molecular weight excluding hydrogens is 246 g/mol. The minimum absolute atomic E-state index is 0.285. The van der Waals surface area contributed by atoms with Gasteiger partial charge < -0.3 is 0 Å². The van der Waals surface area contributed by atoms with Crippen LogP contribution in [0.5, 0.6) is 0 Å². The highest BCUT2D eigenvalue weighted by atomic mass is 33.2. The van der Waals surface area contributed by atoms with E-state index in [1.54, 1.807) is 0 Å². The lowest BCUT2D eigenvalue weighted by molar-refractivity contribution is 0.0813. The van der Waals surface area contributed by atoms with Crippen LogP contribution in [0.2, 0.25) is 0 Å². The van der Waals surface area contributed by atoms with Gasteiger partial charge in [0.2, 0.25) is 0 Å². The lowest BCUT2D eigenvalue weighted by Crippen LogP contribution is -2.52. The molecule has 2 fully saturated rings. The molecule has 2 rings (SSSR count). The summed E-state index contributed by atoms with van der Waals surface area (Å²) in [6, 6.07) is 1.50. The smallest absolute Gasteiger partial charge is 0.0408 e. The van der Waals surface area contributed by atoms with Crippen LogP contribution in [-0.2, 0) is 0 Å². The second kappa shape index (κ2) is 4.97. The molecule has 0 spiro atoms. The van der Waals surface area contributed by atoms with Crippen molar-refractivity contribution in [3.8, 4) is 0 Å². The number of nitrogens with zero attached hydrogens (tertiary/aromatic N) is 1. The Labute approximate surface area is 113 Å². The number of hydrogen-bond donors (Lipinski definition) is 0. The molecule has 3 heteroatoms. The van der Waals surface area contributed by atoms with E-state index in [0.29, 0.717) is 6.04 Å². The maximum atomic E-state index is 2.75. The molecule has 0 radical (unpaired) electrons. The molecule has 0 aromatic rings. The quantitative estimate of drug-likeness (QED) is 0.561. The molecule has 0 bridgehead atoms. The van der Waals surface area contributed by atoms with Gasteiger partial charge in [0.25, 0.3) is 0 Å². The molecule has 0 saturated carbocycles. The summed E-state index contributed by atoms with van der Waals surface area (Å²) in [5.41, 5.74) is 0. The summed E-state index contributed by atoms with van der Waals surface area (Å²) in [5, 5.41) is 2.47. The van der Waals surface area contributed by atoms with Crippen LogP contribution in [0, 0.1) is 11.8 Å². The molecule has 102 valence electrons.